The third-order valence-corrected chi connectivity index (χ3v) is 8.70. The summed E-state index contributed by atoms with van der Waals surface area (Å²) in [6.07, 6.45) is -10.5. The minimum atomic E-state index is -5.11. The van der Waals surface area contributed by atoms with Gasteiger partial charge in [-0.1, -0.05) is 54.6 Å². The van der Waals surface area contributed by atoms with Crippen LogP contribution in [0.3, 0.4) is 0 Å². The summed E-state index contributed by atoms with van der Waals surface area (Å²) in [7, 11) is 0. The third-order valence-electron chi connectivity index (χ3n) is 8.70. The van der Waals surface area contributed by atoms with Gasteiger partial charge in [-0.2, -0.15) is 26.3 Å². The molecule has 41 heavy (non-hydrogen) atoms. The van der Waals surface area contributed by atoms with Crippen LogP contribution in [0.5, 0.6) is 0 Å². The van der Waals surface area contributed by atoms with E-state index in [0.29, 0.717) is 37.5 Å². The molecule has 2 atom stereocenters. The van der Waals surface area contributed by atoms with Gasteiger partial charge < -0.3 is 14.7 Å². The van der Waals surface area contributed by atoms with E-state index in [1.807, 2.05) is 48.5 Å². The molecule has 3 aromatic rings. The van der Waals surface area contributed by atoms with Gasteiger partial charge in [0.05, 0.1) is 16.7 Å². The van der Waals surface area contributed by atoms with Crippen LogP contribution >= 0.6 is 0 Å². The van der Waals surface area contributed by atoms with Gasteiger partial charge in [0.1, 0.15) is 6.61 Å². The predicted molar refractivity (Wildman–Crippen MR) is 138 cm³/mol. The summed E-state index contributed by atoms with van der Waals surface area (Å²) < 4.78 is 89.4. The van der Waals surface area contributed by atoms with Crippen LogP contribution in [0.2, 0.25) is 0 Å². The molecular weight excluding hydrogens is 548 g/mol. The molecule has 216 valence electrons. The van der Waals surface area contributed by atoms with Gasteiger partial charge in [-0.05, 0) is 53.6 Å². The minimum Gasteiger partial charge on any atom is -0.448 e. The first kappa shape index (κ1) is 27.6. The Kier molecular flexibility index (Phi) is 6.60. The molecule has 0 radical (unpaired) electrons. The zero-order chi connectivity index (χ0) is 29.2. The summed E-state index contributed by atoms with van der Waals surface area (Å²) in [5, 5.41) is 11.6. The topological polar surface area (TPSA) is 49.8 Å². The molecule has 4 nitrogen and oxygen atoms in total. The van der Waals surface area contributed by atoms with Gasteiger partial charge in [0.15, 0.2) is 0 Å². The highest BCUT2D eigenvalue weighted by Gasteiger charge is 2.54. The second-order valence-electron chi connectivity index (χ2n) is 11.1. The van der Waals surface area contributed by atoms with Crippen molar-refractivity contribution >= 4 is 6.09 Å². The summed E-state index contributed by atoms with van der Waals surface area (Å²) in [6, 6.07) is 15.9. The van der Waals surface area contributed by atoms with Crippen LogP contribution < -0.4 is 0 Å². The molecule has 0 aromatic heterocycles. The van der Waals surface area contributed by atoms with E-state index in [1.54, 1.807) is 0 Å². The van der Waals surface area contributed by atoms with Gasteiger partial charge in [-0.15, -0.1) is 0 Å². The quantitative estimate of drug-likeness (QED) is 0.324. The van der Waals surface area contributed by atoms with Crippen molar-refractivity contribution in [3.8, 4) is 11.1 Å². The average Bonchev–Trinajstić information content (AvgIpc) is 3.23. The second-order valence-corrected chi connectivity index (χ2v) is 11.1. The standard InChI is InChI=1S/C31H27F6NO3/c32-30(33,34)25-13-6-14-26(31(35,36)37)27(25)29(40)15-18-7-5-8-19(16-29)38(18)28(39)41-17-24-22-11-3-1-9-20(22)21-10-2-4-12-23(21)24/h1-4,6,9-14,18-19,24,40H,5,7-8,15-17H2. The minimum absolute atomic E-state index is 0.0300. The molecule has 2 aliphatic heterocycles. The van der Waals surface area contributed by atoms with Crippen molar-refractivity contribution < 1.29 is 41.0 Å². The van der Waals surface area contributed by atoms with Crippen molar-refractivity contribution in [2.75, 3.05) is 6.61 Å². The first-order valence-electron chi connectivity index (χ1n) is 13.5. The Balaban J connectivity index is 1.27. The van der Waals surface area contributed by atoms with Crippen molar-refractivity contribution in [3.05, 3.63) is 94.5 Å². The maximum Gasteiger partial charge on any atom is 0.416 e. The lowest BCUT2D eigenvalue weighted by Gasteiger charge is -2.52. The lowest BCUT2D eigenvalue weighted by molar-refractivity contribution is -0.154. The Bertz CT molecular complexity index is 1390. The Morgan fingerprint density at radius 1 is 0.805 bits per heavy atom. The van der Waals surface area contributed by atoms with Crippen LogP contribution in [0, 0.1) is 0 Å². The van der Waals surface area contributed by atoms with Crippen LogP contribution in [0.25, 0.3) is 11.1 Å². The van der Waals surface area contributed by atoms with E-state index in [9.17, 15) is 36.2 Å². The number of fused-ring (bicyclic) bond motifs is 5. The molecule has 1 aliphatic carbocycles. The number of carbonyl (C=O) groups is 1. The summed E-state index contributed by atoms with van der Waals surface area (Å²) >= 11 is 0. The molecule has 3 aliphatic rings. The molecule has 2 fully saturated rings. The Hall–Kier alpha value is -3.53. The molecule has 2 saturated heterocycles. The fourth-order valence-corrected chi connectivity index (χ4v) is 7.13. The van der Waals surface area contributed by atoms with Gasteiger partial charge in [0.25, 0.3) is 0 Å². The fraction of sp³-hybridized carbons (Fsp3) is 0.387. The van der Waals surface area contributed by atoms with E-state index in [0.717, 1.165) is 22.3 Å². The van der Waals surface area contributed by atoms with E-state index >= 15 is 0 Å². The molecule has 2 bridgehead atoms. The lowest BCUT2D eigenvalue weighted by Crippen LogP contribution is -2.59. The Labute approximate surface area is 232 Å². The van der Waals surface area contributed by atoms with Crippen LogP contribution in [-0.2, 0) is 22.7 Å². The molecule has 3 aromatic carbocycles. The number of piperidine rings is 2. The number of halogens is 6. The normalized spacial score (nSPS) is 24.1. The number of amides is 1. The summed E-state index contributed by atoms with van der Waals surface area (Å²) in [4.78, 5) is 14.9. The van der Waals surface area contributed by atoms with Crippen LogP contribution in [0.15, 0.2) is 66.7 Å². The monoisotopic (exact) mass is 575 g/mol. The van der Waals surface area contributed by atoms with Gasteiger partial charge in [0, 0.05) is 36.4 Å². The zero-order valence-electron chi connectivity index (χ0n) is 21.8. The molecular formula is C31H27F6NO3. The van der Waals surface area contributed by atoms with Gasteiger partial charge >= 0.3 is 18.4 Å². The van der Waals surface area contributed by atoms with Crippen LogP contribution in [0.1, 0.15) is 65.8 Å². The Morgan fingerprint density at radius 3 is 1.78 bits per heavy atom. The van der Waals surface area contributed by atoms with E-state index in [1.165, 1.54) is 4.90 Å². The number of carbonyl (C=O) groups excluding carboxylic acids is 1. The highest BCUT2D eigenvalue weighted by atomic mass is 19.4. The lowest BCUT2D eigenvalue weighted by atomic mass is 9.70. The van der Waals surface area contributed by atoms with Crippen molar-refractivity contribution in [2.24, 2.45) is 0 Å². The summed E-state index contributed by atoms with van der Waals surface area (Å²) in [5.74, 6) is -0.207. The van der Waals surface area contributed by atoms with E-state index in [2.05, 4.69) is 0 Å². The van der Waals surface area contributed by atoms with Gasteiger partial charge in [-0.25, -0.2) is 4.79 Å². The molecule has 2 unspecified atom stereocenters. The number of nitrogens with zero attached hydrogens (tertiary/aromatic N) is 1. The second kappa shape index (κ2) is 9.79. The first-order valence-corrected chi connectivity index (χ1v) is 13.5. The first-order chi connectivity index (χ1) is 19.4. The zero-order valence-corrected chi connectivity index (χ0v) is 21.8. The number of rotatable bonds is 3. The number of hydrogen-bond donors (Lipinski definition) is 1. The number of hydrogen-bond acceptors (Lipinski definition) is 3. The van der Waals surface area contributed by atoms with E-state index in [-0.39, 0.29) is 12.5 Å². The molecule has 0 saturated carbocycles. The smallest absolute Gasteiger partial charge is 0.416 e. The Morgan fingerprint density at radius 2 is 1.29 bits per heavy atom. The number of aliphatic hydroxyl groups is 1. The van der Waals surface area contributed by atoms with E-state index < -0.39 is 65.7 Å². The molecule has 0 spiro atoms. The number of ether oxygens (including phenoxy) is 1. The molecule has 1 amide bonds. The largest absolute Gasteiger partial charge is 0.448 e. The SMILES string of the molecule is O=C(OCC1c2ccccc2-c2ccccc21)N1C2CCCC1CC(O)(c1c(C(F)(F)F)cccc1C(F)(F)F)C2. The molecule has 2 heterocycles. The van der Waals surface area contributed by atoms with E-state index in [4.69, 9.17) is 4.74 Å². The third kappa shape index (κ3) is 4.75. The van der Waals surface area contributed by atoms with Crippen molar-refractivity contribution in [1.29, 1.82) is 0 Å². The summed E-state index contributed by atoms with van der Waals surface area (Å²) in [6.45, 7) is 0.0300. The fourth-order valence-electron chi connectivity index (χ4n) is 7.13. The number of alkyl halides is 6. The maximum absolute atomic E-state index is 13.9. The molecule has 6 rings (SSSR count). The van der Waals surface area contributed by atoms with Crippen molar-refractivity contribution in [1.82, 2.24) is 4.90 Å². The average molecular weight is 576 g/mol. The molecule has 10 heteroatoms. The highest BCUT2D eigenvalue weighted by molar-refractivity contribution is 5.79. The number of benzene rings is 3. The van der Waals surface area contributed by atoms with Crippen molar-refractivity contribution in [2.45, 2.75) is 68.1 Å². The van der Waals surface area contributed by atoms with Gasteiger partial charge in [0.2, 0.25) is 0 Å². The van der Waals surface area contributed by atoms with Crippen LogP contribution in [0.4, 0.5) is 31.1 Å². The van der Waals surface area contributed by atoms with Crippen LogP contribution in [-0.4, -0.2) is 34.8 Å². The predicted octanol–water partition coefficient (Wildman–Crippen LogP) is 7.88. The van der Waals surface area contributed by atoms with Gasteiger partial charge in [-0.3, -0.25) is 0 Å². The van der Waals surface area contributed by atoms with Crippen molar-refractivity contribution in [3.63, 3.8) is 0 Å². The molecule has 1 N–H and O–H groups in total. The highest BCUT2D eigenvalue weighted by Crippen LogP contribution is 2.51. The summed E-state index contributed by atoms with van der Waals surface area (Å²) in [5.41, 5.74) is -2.49. The maximum atomic E-state index is 13.9.